The second-order valence-corrected chi connectivity index (χ2v) is 11.7. The van der Waals surface area contributed by atoms with Gasteiger partial charge >= 0.3 is 0 Å². The van der Waals surface area contributed by atoms with Crippen LogP contribution >= 0.6 is 11.6 Å². The van der Waals surface area contributed by atoms with Crippen molar-refractivity contribution in [2.45, 2.75) is 11.9 Å². The van der Waals surface area contributed by atoms with Gasteiger partial charge in [0, 0.05) is 10.9 Å². The van der Waals surface area contributed by atoms with Crippen LogP contribution in [0.4, 0.5) is 20.3 Å². The molecule has 0 aliphatic rings. The molecule has 3 aromatic carbocycles. The van der Waals surface area contributed by atoms with Crippen molar-refractivity contribution in [2.24, 2.45) is 0 Å². The zero-order valence-corrected chi connectivity index (χ0v) is 24.2. The van der Waals surface area contributed by atoms with Gasteiger partial charge in [0.15, 0.2) is 16.6 Å². The number of nitrogens with two attached hydrogens (primary N) is 1. The third-order valence-corrected chi connectivity index (χ3v) is 8.15. The molecule has 222 valence electrons. The molecule has 0 atom stereocenters. The largest absolute Gasteiger partial charge is 0.454 e. The molecular weight excluding hydrogens is 614 g/mol. The van der Waals surface area contributed by atoms with Crippen molar-refractivity contribution >= 4 is 49.8 Å². The van der Waals surface area contributed by atoms with Gasteiger partial charge in [-0.05, 0) is 73.2 Å². The molecule has 0 radical (unpaired) electrons. The molecule has 10 nitrogen and oxygen atoms in total. The number of carbonyl (C=O) groups excluding carboxylic acids is 1. The van der Waals surface area contributed by atoms with Gasteiger partial charge in [0.05, 0.1) is 28.8 Å². The van der Waals surface area contributed by atoms with E-state index in [4.69, 9.17) is 22.1 Å². The number of nitrogens with zero attached hydrogens (tertiary/aromatic N) is 3. The number of pyridine rings is 1. The number of sulfonamides is 1. The maximum absolute atomic E-state index is 14.9. The predicted octanol–water partition coefficient (Wildman–Crippen LogP) is 6.39. The topological polar surface area (TPSA) is 145 Å². The minimum atomic E-state index is -4.25. The van der Waals surface area contributed by atoms with Crippen LogP contribution in [0.5, 0.6) is 11.5 Å². The molecule has 3 aromatic heterocycles. The number of nitrogen functional groups attached to an aromatic ring is 1. The van der Waals surface area contributed by atoms with E-state index in [1.54, 1.807) is 37.3 Å². The van der Waals surface area contributed by atoms with Gasteiger partial charge in [-0.3, -0.25) is 9.52 Å². The number of carbonyl (C=O) groups is 1. The minimum Gasteiger partial charge on any atom is -0.454 e. The molecule has 4 N–H and O–H groups in total. The van der Waals surface area contributed by atoms with Crippen LogP contribution in [0.25, 0.3) is 16.6 Å². The summed E-state index contributed by atoms with van der Waals surface area (Å²) in [5, 5.41) is 4.17. The molecule has 0 saturated heterocycles. The number of ketones is 1. The number of hydrogen-bond acceptors (Lipinski definition) is 7. The number of para-hydroxylation sites is 1. The Morgan fingerprint density at radius 1 is 1.02 bits per heavy atom. The number of halogens is 3. The van der Waals surface area contributed by atoms with Crippen molar-refractivity contribution in [3.63, 3.8) is 0 Å². The molecule has 0 spiro atoms. The Morgan fingerprint density at radius 3 is 2.57 bits per heavy atom. The van der Waals surface area contributed by atoms with Gasteiger partial charge in [-0.2, -0.15) is 13.5 Å². The average Bonchev–Trinajstić information content (AvgIpc) is 3.57. The smallest absolute Gasteiger partial charge is 0.279 e. The van der Waals surface area contributed by atoms with Crippen molar-refractivity contribution in [2.75, 3.05) is 10.5 Å². The maximum atomic E-state index is 14.9. The Morgan fingerprint density at radius 2 is 1.82 bits per heavy atom. The lowest BCUT2D eigenvalue weighted by Crippen LogP contribution is -2.15. The zero-order chi connectivity index (χ0) is 31.2. The second-order valence-electron chi connectivity index (χ2n) is 9.67. The highest BCUT2D eigenvalue weighted by Gasteiger charge is 2.23. The van der Waals surface area contributed by atoms with Crippen LogP contribution < -0.4 is 15.2 Å². The monoisotopic (exact) mass is 634 g/mol. The Bertz CT molecular complexity index is 2200. The number of anilines is 2. The molecule has 0 saturated carbocycles. The van der Waals surface area contributed by atoms with Gasteiger partial charge in [0.1, 0.15) is 22.5 Å². The van der Waals surface area contributed by atoms with Crippen molar-refractivity contribution in [3.8, 4) is 17.2 Å². The average molecular weight is 635 g/mol. The Kier molecular flexibility index (Phi) is 7.27. The fourth-order valence-electron chi connectivity index (χ4n) is 4.54. The summed E-state index contributed by atoms with van der Waals surface area (Å²) in [7, 11) is -4.25. The first-order valence-electron chi connectivity index (χ1n) is 12.9. The number of fused-ring (bicyclic) bond motifs is 1. The number of nitrogens with one attached hydrogen (secondary N) is 2. The van der Waals surface area contributed by atoms with E-state index in [0.717, 1.165) is 6.07 Å². The number of aryl methyl sites for hydroxylation is 1. The van der Waals surface area contributed by atoms with E-state index in [-0.39, 0.29) is 38.7 Å². The first-order chi connectivity index (χ1) is 21.0. The van der Waals surface area contributed by atoms with E-state index in [1.165, 1.54) is 53.3 Å². The molecule has 6 aromatic rings. The summed E-state index contributed by atoms with van der Waals surface area (Å²) < 4.78 is 63.5. The summed E-state index contributed by atoms with van der Waals surface area (Å²) in [4.78, 5) is 20.1. The fraction of sp³-hybridized carbons (Fsp3) is 0.0333. The molecule has 0 bridgehead atoms. The van der Waals surface area contributed by atoms with Crippen molar-refractivity contribution in [1.29, 1.82) is 0 Å². The number of H-pyrrole nitrogens is 1. The van der Waals surface area contributed by atoms with E-state index in [0.29, 0.717) is 27.9 Å². The van der Waals surface area contributed by atoms with E-state index < -0.39 is 27.4 Å². The Balaban J connectivity index is 1.26. The second kappa shape index (κ2) is 11.1. The van der Waals surface area contributed by atoms with E-state index >= 15 is 0 Å². The van der Waals surface area contributed by atoms with Crippen LogP contribution in [0, 0.1) is 18.6 Å². The van der Waals surface area contributed by atoms with Gasteiger partial charge in [-0.1, -0.05) is 29.8 Å². The molecule has 0 unspecified atom stereocenters. The molecule has 14 heteroatoms. The highest BCUT2D eigenvalue weighted by atomic mass is 35.5. The third kappa shape index (κ3) is 5.45. The van der Waals surface area contributed by atoms with E-state index in [1.807, 2.05) is 0 Å². The summed E-state index contributed by atoms with van der Waals surface area (Å²) in [6.07, 6.45) is 1.31. The Hall–Kier alpha value is -5.27. The maximum Gasteiger partial charge on any atom is 0.279 e. The first-order valence-corrected chi connectivity index (χ1v) is 14.8. The van der Waals surface area contributed by atoms with Gasteiger partial charge < -0.3 is 15.5 Å². The number of aromatic nitrogens is 4. The summed E-state index contributed by atoms with van der Waals surface area (Å²) >= 11 is 5.79. The molecular formula is C30H21ClF2N6O4S. The van der Waals surface area contributed by atoms with E-state index in [2.05, 4.69) is 19.8 Å². The molecule has 6 rings (SSSR count). The number of benzene rings is 3. The standard InChI is InChI=1S/C30H21ClF2N6O4S/c1-16-11-18(43-26-6-3-2-5-20(26)32)9-10-25(16)39-30(34)19(15-35-39)29(40)24-13-17-12-21(33)23(14-22(17)36-24)38-44(41,42)28-8-4-7-27(31)37-28/h2-15,36,38H,34H2,1H3. The SMILES string of the molecule is Cc1cc(Oc2ccccc2F)ccc1-n1ncc(C(=O)c2cc3cc(F)c(NS(=O)(=O)c4cccc(Cl)n4)cc3[nH]2)c1N. The lowest BCUT2D eigenvalue weighted by Gasteiger charge is -2.12. The molecule has 3 heterocycles. The lowest BCUT2D eigenvalue weighted by molar-refractivity contribution is 0.103. The third-order valence-electron chi connectivity index (χ3n) is 6.67. The quantitative estimate of drug-likeness (QED) is 0.130. The number of ether oxygens (including phenoxy) is 1. The van der Waals surface area contributed by atoms with Gasteiger partial charge in [0.25, 0.3) is 10.0 Å². The summed E-state index contributed by atoms with van der Waals surface area (Å²) in [5.41, 5.74) is 7.68. The first kappa shape index (κ1) is 28.8. The Labute approximate surface area is 254 Å². The predicted molar refractivity (Wildman–Crippen MR) is 161 cm³/mol. The summed E-state index contributed by atoms with van der Waals surface area (Å²) in [6.45, 7) is 1.78. The number of rotatable bonds is 8. The van der Waals surface area contributed by atoms with Gasteiger partial charge in [0.2, 0.25) is 5.78 Å². The molecule has 0 fully saturated rings. The number of hydrogen-bond donors (Lipinski definition) is 3. The van der Waals surface area contributed by atoms with Gasteiger partial charge in [-0.15, -0.1) is 0 Å². The van der Waals surface area contributed by atoms with Crippen LogP contribution in [0.1, 0.15) is 21.6 Å². The van der Waals surface area contributed by atoms with Crippen LogP contribution in [-0.4, -0.2) is 33.9 Å². The molecule has 44 heavy (non-hydrogen) atoms. The van der Waals surface area contributed by atoms with Crippen LogP contribution in [-0.2, 0) is 10.0 Å². The molecule has 0 aliphatic heterocycles. The lowest BCUT2D eigenvalue weighted by atomic mass is 10.1. The minimum absolute atomic E-state index is 0.0418. The van der Waals surface area contributed by atoms with Gasteiger partial charge in [-0.25, -0.2) is 18.4 Å². The normalized spacial score (nSPS) is 11.5. The molecule has 0 aliphatic carbocycles. The summed E-state index contributed by atoms with van der Waals surface area (Å²) in [5.74, 6) is -1.37. The van der Waals surface area contributed by atoms with Crippen molar-refractivity contribution < 1.29 is 26.7 Å². The summed E-state index contributed by atoms with van der Waals surface area (Å²) in [6, 6.07) is 18.8. The highest BCUT2D eigenvalue weighted by Crippen LogP contribution is 2.30. The van der Waals surface area contributed by atoms with Crippen LogP contribution in [0.15, 0.2) is 90.1 Å². The fourth-order valence-corrected chi connectivity index (χ4v) is 5.78. The van der Waals surface area contributed by atoms with Crippen molar-refractivity contribution in [3.05, 3.63) is 119 Å². The zero-order valence-electron chi connectivity index (χ0n) is 22.7. The van der Waals surface area contributed by atoms with E-state index in [9.17, 15) is 22.0 Å². The van der Waals surface area contributed by atoms with Crippen LogP contribution in [0.2, 0.25) is 5.15 Å². The van der Waals surface area contributed by atoms with Crippen molar-refractivity contribution in [1.82, 2.24) is 19.7 Å². The molecule has 0 amide bonds. The van der Waals surface area contributed by atoms with Crippen LogP contribution in [0.3, 0.4) is 0 Å². The highest BCUT2D eigenvalue weighted by molar-refractivity contribution is 7.92. The number of aromatic amines is 1.